The van der Waals surface area contributed by atoms with E-state index in [9.17, 15) is 4.79 Å². The minimum Gasteiger partial charge on any atom is -0.490 e. The van der Waals surface area contributed by atoms with Crippen molar-refractivity contribution in [2.24, 2.45) is 0 Å². The number of nitrogens with zero attached hydrogens (tertiary/aromatic N) is 4. The van der Waals surface area contributed by atoms with Gasteiger partial charge in [-0.05, 0) is 47.0 Å². The van der Waals surface area contributed by atoms with Gasteiger partial charge in [0.15, 0.2) is 0 Å². The third kappa shape index (κ3) is 7.44. The van der Waals surface area contributed by atoms with Crippen molar-refractivity contribution in [3.05, 3.63) is 101 Å². The lowest BCUT2D eigenvalue weighted by molar-refractivity contribution is -0.127. The van der Waals surface area contributed by atoms with Gasteiger partial charge < -0.3 is 9.64 Å². The van der Waals surface area contributed by atoms with E-state index in [1.165, 1.54) is 11.1 Å². The molecule has 0 atom stereocenters. The second kappa shape index (κ2) is 13.1. The van der Waals surface area contributed by atoms with Crippen LogP contribution in [0.2, 0.25) is 5.02 Å². The van der Waals surface area contributed by atoms with Crippen LogP contribution >= 0.6 is 11.6 Å². The van der Waals surface area contributed by atoms with Crippen LogP contribution in [0.25, 0.3) is 6.08 Å². The van der Waals surface area contributed by atoms with Crippen molar-refractivity contribution < 1.29 is 9.53 Å². The van der Waals surface area contributed by atoms with Crippen molar-refractivity contribution >= 4 is 23.6 Å². The molecule has 1 aromatic heterocycles. The Balaban J connectivity index is 1.05. The molecule has 2 aromatic carbocycles. The molecule has 0 aliphatic carbocycles. The highest BCUT2D eigenvalue weighted by atomic mass is 35.5. The number of hydrogen-bond acceptors (Lipinski definition) is 5. The number of likely N-dealkylation sites (tertiary alicyclic amines) is 1. The molecular weight excluding hydrogens is 496 g/mol. The molecule has 3 heterocycles. The third-order valence-corrected chi connectivity index (χ3v) is 7.61. The fourth-order valence-electron chi connectivity index (χ4n) is 5.09. The van der Waals surface area contributed by atoms with Crippen molar-refractivity contribution in [3.8, 4) is 5.75 Å². The van der Waals surface area contributed by atoms with Crippen LogP contribution < -0.4 is 4.74 Å². The minimum absolute atomic E-state index is 0.0194. The minimum atomic E-state index is 0.0194. The van der Waals surface area contributed by atoms with Crippen molar-refractivity contribution in [1.82, 2.24) is 19.7 Å². The van der Waals surface area contributed by atoms with E-state index in [0.29, 0.717) is 18.1 Å². The number of aromatic nitrogens is 1. The Kier molecular flexibility index (Phi) is 9.07. The van der Waals surface area contributed by atoms with Crippen LogP contribution in [0.15, 0.2) is 79.1 Å². The summed E-state index contributed by atoms with van der Waals surface area (Å²) in [5, 5.41) is 0.647. The topological polar surface area (TPSA) is 48.9 Å². The van der Waals surface area contributed by atoms with Gasteiger partial charge in [-0.25, -0.2) is 0 Å². The monoisotopic (exact) mass is 530 g/mol. The lowest BCUT2D eigenvalue weighted by Crippen LogP contribution is -2.45. The number of carbonyl (C=O) groups excluding carboxylic acids is 1. The van der Waals surface area contributed by atoms with Gasteiger partial charge >= 0.3 is 0 Å². The van der Waals surface area contributed by atoms with Gasteiger partial charge in [0, 0.05) is 88.7 Å². The molecule has 0 spiro atoms. The smallest absolute Gasteiger partial charge is 0.246 e. The largest absolute Gasteiger partial charge is 0.490 e. The van der Waals surface area contributed by atoms with E-state index in [1.807, 2.05) is 53.7 Å². The summed E-state index contributed by atoms with van der Waals surface area (Å²) in [6.45, 7) is 7.53. The maximum atomic E-state index is 12.6. The fraction of sp³-hybridized carbons (Fsp3) is 0.355. The molecule has 2 aliphatic rings. The SMILES string of the molecule is O=C(/C=C/c1ccccc1Cl)N1CCC(Oc2cccc(CN3CCN(Cc4cccnc4)CC3)c2)CC1. The molecule has 0 N–H and O–H groups in total. The van der Waals surface area contributed by atoms with E-state index < -0.39 is 0 Å². The van der Waals surface area contributed by atoms with Gasteiger partial charge in [0.2, 0.25) is 5.91 Å². The molecule has 2 fully saturated rings. The summed E-state index contributed by atoms with van der Waals surface area (Å²) in [4.78, 5) is 23.8. The number of rotatable bonds is 8. The second-order valence-electron chi connectivity index (χ2n) is 10.1. The summed E-state index contributed by atoms with van der Waals surface area (Å²) in [6.07, 6.45) is 8.97. The maximum Gasteiger partial charge on any atom is 0.246 e. The van der Waals surface area contributed by atoms with Crippen molar-refractivity contribution in [2.75, 3.05) is 39.3 Å². The van der Waals surface area contributed by atoms with Gasteiger partial charge in [-0.3, -0.25) is 19.6 Å². The highest BCUT2D eigenvalue weighted by Crippen LogP contribution is 2.22. The molecule has 6 nitrogen and oxygen atoms in total. The number of carbonyl (C=O) groups is 1. The van der Waals surface area contributed by atoms with E-state index in [1.54, 1.807) is 12.2 Å². The number of halogens is 1. The highest BCUT2D eigenvalue weighted by molar-refractivity contribution is 6.32. The first-order chi connectivity index (χ1) is 18.6. The van der Waals surface area contributed by atoms with Crippen LogP contribution in [-0.4, -0.2) is 71.0 Å². The molecule has 198 valence electrons. The van der Waals surface area contributed by atoms with Crippen LogP contribution in [0.5, 0.6) is 5.75 Å². The van der Waals surface area contributed by atoms with E-state index >= 15 is 0 Å². The molecule has 0 saturated carbocycles. The first-order valence-corrected chi connectivity index (χ1v) is 13.8. The Labute approximate surface area is 230 Å². The van der Waals surface area contributed by atoms with Gasteiger partial charge in [-0.1, -0.05) is 48.0 Å². The molecule has 5 rings (SSSR count). The van der Waals surface area contributed by atoms with E-state index in [-0.39, 0.29) is 12.0 Å². The van der Waals surface area contributed by atoms with Crippen LogP contribution in [0, 0.1) is 0 Å². The summed E-state index contributed by atoms with van der Waals surface area (Å²) in [5.41, 5.74) is 3.40. The first-order valence-electron chi connectivity index (χ1n) is 13.4. The molecule has 3 aromatic rings. The summed E-state index contributed by atoms with van der Waals surface area (Å²) >= 11 is 6.19. The number of benzene rings is 2. The van der Waals surface area contributed by atoms with Crippen LogP contribution in [0.3, 0.4) is 0 Å². The Morgan fingerprint density at radius 1 is 0.895 bits per heavy atom. The van der Waals surface area contributed by atoms with Crippen LogP contribution in [0.1, 0.15) is 29.5 Å². The van der Waals surface area contributed by atoms with Crippen LogP contribution in [-0.2, 0) is 17.9 Å². The molecule has 38 heavy (non-hydrogen) atoms. The summed E-state index contributed by atoms with van der Waals surface area (Å²) < 4.78 is 6.34. The zero-order valence-corrected chi connectivity index (χ0v) is 22.5. The van der Waals surface area contributed by atoms with Gasteiger partial charge in [0.25, 0.3) is 0 Å². The number of pyridine rings is 1. The van der Waals surface area contributed by atoms with Gasteiger partial charge in [0.1, 0.15) is 11.9 Å². The quantitative estimate of drug-likeness (QED) is 0.378. The molecule has 0 radical (unpaired) electrons. The number of piperazine rings is 1. The zero-order valence-electron chi connectivity index (χ0n) is 21.7. The molecule has 1 amide bonds. The lowest BCUT2D eigenvalue weighted by Gasteiger charge is -2.34. The van der Waals surface area contributed by atoms with Crippen molar-refractivity contribution in [2.45, 2.75) is 32.0 Å². The standard InChI is InChI=1S/C31H35ClN4O2/c32-30-9-2-1-7-27(30)10-11-31(37)36-15-12-28(13-16-36)38-29-8-3-5-25(21-29)23-34-17-19-35(20-18-34)24-26-6-4-14-33-22-26/h1-11,14,21-22,28H,12-13,15-20,23-24H2/b11-10+. The molecule has 2 saturated heterocycles. The average molecular weight is 531 g/mol. The van der Waals surface area contributed by atoms with E-state index in [0.717, 1.165) is 63.4 Å². The van der Waals surface area contributed by atoms with Crippen molar-refractivity contribution in [3.63, 3.8) is 0 Å². The maximum absolute atomic E-state index is 12.6. The lowest BCUT2D eigenvalue weighted by atomic mass is 10.1. The number of piperidine rings is 1. The normalized spacial score (nSPS) is 17.7. The Morgan fingerprint density at radius 2 is 1.61 bits per heavy atom. The first kappa shape index (κ1) is 26.4. The molecule has 0 unspecified atom stereocenters. The fourth-order valence-corrected chi connectivity index (χ4v) is 5.29. The average Bonchev–Trinajstić information content (AvgIpc) is 2.95. The Morgan fingerprint density at radius 3 is 2.32 bits per heavy atom. The van der Waals surface area contributed by atoms with E-state index in [4.69, 9.17) is 16.3 Å². The number of ether oxygens (including phenoxy) is 1. The van der Waals surface area contributed by atoms with Gasteiger partial charge in [0.05, 0.1) is 0 Å². The Bertz CT molecular complexity index is 1220. The molecule has 7 heteroatoms. The van der Waals surface area contributed by atoms with E-state index in [2.05, 4.69) is 39.0 Å². The van der Waals surface area contributed by atoms with Gasteiger partial charge in [-0.2, -0.15) is 0 Å². The summed E-state index contributed by atoms with van der Waals surface area (Å²) in [6, 6.07) is 20.2. The highest BCUT2D eigenvalue weighted by Gasteiger charge is 2.23. The summed E-state index contributed by atoms with van der Waals surface area (Å²) in [7, 11) is 0. The van der Waals surface area contributed by atoms with Gasteiger partial charge in [-0.15, -0.1) is 0 Å². The zero-order chi connectivity index (χ0) is 26.2. The van der Waals surface area contributed by atoms with Crippen LogP contribution in [0.4, 0.5) is 0 Å². The van der Waals surface area contributed by atoms with Crippen molar-refractivity contribution in [1.29, 1.82) is 0 Å². The third-order valence-electron chi connectivity index (χ3n) is 7.27. The predicted octanol–water partition coefficient (Wildman–Crippen LogP) is 5.14. The summed E-state index contributed by atoms with van der Waals surface area (Å²) in [5.74, 6) is 0.937. The molecule has 0 bridgehead atoms. The second-order valence-corrected chi connectivity index (χ2v) is 10.5. The number of amides is 1. The number of hydrogen-bond donors (Lipinski definition) is 0. The Hall–Kier alpha value is -3.19. The molecule has 2 aliphatic heterocycles. The predicted molar refractivity (Wildman–Crippen MR) is 152 cm³/mol. The molecular formula is C31H35ClN4O2.